The zero-order chi connectivity index (χ0) is 15.3. The fourth-order valence-corrected chi connectivity index (χ4v) is 3.46. The van der Waals surface area contributed by atoms with Gasteiger partial charge in [0, 0.05) is 12.6 Å². The molecule has 0 spiro atoms. The number of imide groups is 1. The minimum Gasteiger partial charge on any atom is -0.281 e. The summed E-state index contributed by atoms with van der Waals surface area (Å²) in [6, 6.07) is 15.8. The highest BCUT2D eigenvalue weighted by Gasteiger charge is 2.39. The van der Waals surface area contributed by atoms with Crippen molar-refractivity contribution >= 4 is 17.4 Å². The van der Waals surface area contributed by atoms with Gasteiger partial charge < -0.3 is 0 Å². The molecule has 0 fully saturated rings. The summed E-state index contributed by atoms with van der Waals surface area (Å²) in [7, 11) is 1.57. The van der Waals surface area contributed by atoms with E-state index in [2.05, 4.69) is 18.2 Å². The maximum Gasteiger partial charge on any atom is 0.260 e. The number of carbonyl (C=O) groups is 2. The molecule has 1 aliphatic carbocycles. The van der Waals surface area contributed by atoms with Crippen molar-refractivity contribution in [2.75, 3.05) is 7.05 Å². The third kappa shape index (κ3) is 1.69. The van der Waals surface area contributed by atoms with Crippen molar-refractivity contribution in [2.24, 2.45) is 0 Å². The van der Waals surface area contributed by atoms with E-state index in [1.165, 1.54) is 4.90 Å². The molecule has 2 amide bonds. The average molecular weight is 289 g/mol. The van der Waals surface area contributed by atoms with E-state index in [1.54, 1.807) is 7.05 Å². The third-order valence-electron chi connectivity index (χ3n) is 4.55. The zero-order valence-corrected chi connectivity index (χ0v) is 12.2. The molecule has 0 N–H and O–H groups in total. The summed E-state index contributed by atoms with van der Waals surface area (Å²) in [4.78, 5) is 26.1. The van der Waals surface area contributed by atoms with Gasteiger partial charge in [0.15, 0.2) is 0 Å². The lowest BCUT2D eigenvalue weighted by atomic mass is 9.76. The smallest absolute Gasteiger partial charge is 0.260 e. The Morgan fingerprint density at radius 3 is 2.45 bits per heavy atom. The van der Waals surface area contributed by atoms with Crippen molar-refractivity contribution < 1.29 is 9.59 Å². The van der Waals surface area contributed by atoms with Gasteiger partial charge in [0.25, 0.3) is 5.91 Å². The Morgan fingerprint density at radius 1 is 0.955 bits per heavy atom. The maximum atomic E-state index is 12.4. The van der Waals surface area contributed by atoms with Crippen molar-refractivity contribution in [2.45, 2.75) is 12.3 Å². The first-order valence-corrected chi connectivity index (χ1v) is 7.39. The van der Waals surface area contributed by atoms with Gasteiger partial charge >= 0.3 is 0 Å². The van der Waals surface area contributed by atoms with Crippen molar-refractivity contribution in [1.29, 1.82) is 0 Å². The van der Waals surface area contributed by atoms with Crippen LogP contribution in [0.5, 0.6) is 0 Å². The summed E-state index contributed by atoms with van der Waals surface area (Å²) in [6.07, 6.45) is 2.76. The molecule has 0 radical (unpaired) electrons. The molecule has 0 aromatic heterocycles. The van der Waals surface area contributed by atoms with Gasteiger partial charge in [0.2, 0.25) is 5.91 Å². The first-order valence-electron chi connectivity index (χ1n) is 7.39. The minimum absolute atomic E-state index is 0.103. The molecule has 0 saturated heterocycles. The molecule has 4 rings (SSSR count). The summed E-state index contributed by atoms with van der Waals surface area (Å²) in [6.45, 7) is 0. The average Bonchev–Trinajstić information content (AvgIpc) is 2.58. The van der Waals surface area contributed by atoms with Crippen LogP contribution in [0.3, 0.4) is 0 Å². The molecular weight excluding hydrogens is 274 g/mol. The first kappa shape index (κ1) is 13.0. The van der Waals surface area contributed by atoms with Gasteiger partial charge in [-0.15, -0.1) is 0 Å². The van der Waals surface area contributed by atoms with Crippen molar-refractivity contribution in [3.63, 3.8) is 0 Å². The Labute approximate surface area is 128 Å². The zero-order valence-electron chi connectivity index (χ0n) is 12.2. The second-order valence-corrected chi connectivity index (χ2v) is 5.74. The number of benzene rings is 2. The second-order valence-electron chi connectivity index (χ2n) is 5.74. The van der Waals surface area contributed by atoms with Crippen molar-refractivity contribution in [3.05, 3.63) is 76.9 Å². The van der Waals surface area contributed by atoms with Gasteiger partial charge in [-0.05, 0) is 34.8 Å². The van der Waals surface area contributed by atoms with E-state index in [1.807, 2.05) is 36.4 Å². The molecule has 3 nitrogen and oxygen atoms in total. The normalized spacial score (nSPS) is 19.8. The van der Waals surface area contributed by atoms with E-state index in [9.17, 15) is 9.59 Å². The summed E-state index contributed by atoms with van der Waals surface area (Å²) >= 11 is 0. The van der Waals surface area contributed by atoms with Gasteiger partial charge in [-0.3, -0.25) is 14.5 Å². The fourth-order valence-electron chi connectivity index (χ4n) is 3.46. The van der Waals surface area contributed by atoms with Crippen LogP contribution in [0.4, 0.5) is 0 Å². The molecule has 0 saturated carbocycles. The largest absolute Gasteiger partial charge is 0.281 e. The summed E-state index contributed by atoms with van der Waals surface area (Å²) < 4.78 is 0. The first-order chi connectivity index (χ1) is 10.7. The van der Waals surface area contributed by atoms with Crippen LogP contribution in [0.1, 0.15) is 39.4 Å². The Hall–Kier alpha value is -2.68. The molecule has 2 aliphatic rings. The third-order valence-corrected chi connectivity index (χ3v) is 4.55. The highest BCUT2D eigenvalue weighted by Crippen LogP contribution is 2.42. The van der Waals surface area contributed by atoms with Crippen LogP contribution in [0.15, 0.2) is 54.6 Å². The van der Waals surface area contributed by atoms with Gasteiger partial charge in [-0.25, -0.2) is 0 Å². The fraction of sp³-hybridized carbons (Fsp3) is 0.158. The van der Waals surface area contributed by atoms with E-state index in [-0.39, 0.29) is 17.7 Å². The Kier molecular flexibility index (Phi) is 2.76. The number of rotatable bonds is 1. The molecular formula is C19H15NO2. The van der Waals surface area contributed by atoms with E-state index >= 15 is 0 Å². The van der Waals surface area contributed by atoms with Crippen LogP contribution in [-0.4, -0.2) is 23.8 Å². The summed E-state index contributed by atoms with van der Waals surface area (Å²) in [5.41, 5.74) is 4.80. The topological polar surface area (TPSA) is 37.4 Å². The molecule has 2 aromatic rings. The molecule has 2 aromatic carbocycles. The predicted octanol–water partition coefficient (Wildman–Crippen LogP) is 3.22. The van der Waals surface area contributed by atoms with Crippen LogP contribution in [0.2, 0.25) is 0 Å². The van der Waals surface area contributed by atoms with E-state index in [0.29, 0.717) is 12.0 Å². The van der Waals surface area contributed by atoms with Gasteiger partial charge in [0.1, 0.15) is 0 Å². The Bertz CT molecular complexity index is 821. The molecule has 1 aliphatic heterocycles. The lowest BCUT2D eigenvalue weighted by Gasteiger charge is -2.34. The molecule has 1 heterocycles. The standard InChI is InChI=1S/C19H15NO2/c1-20-18(21)15-9-5-8-14-13(12-6-3-2-4-7-12)10-11-16(17(14)15)19(20)22/h2-10,16H,11H2,1H3. The molecule has 0 bridgehead atoms. The van der Waals surface area contributed by atoms with E-state index < -0.39 is 0 Å². The molecule has 22 heavy (non-hydrogen) atoms. The van der Waals surface area contributed by atoms with Crippen LogP contribution in [0, 0.1) is 0 Å². The van der Waals surface area contributed by atoms with Crippen LogP contribution < -0.4 is 0 Å². The number of amides is 2. The maximum absolute atomic E-state index is 12.4. The van der Waals surface area contributed by atoms with Crippen LogP contribution in [0.25, 0.3) is 5.57 Å². The Morgan fingerprint density at radius 2 is 1.68 bits per heavy atom. The number of likely N-dealkylation sites (N-methyl/N-ethyl adjacent to an activating group) is 1. The second kappa shape index (κ2) is 4.67. The van der Waals surface area contributed by atoms with Gasteiger partial charge in [0.05, 0.1) is 5.92 Å². The lowest BCUT2D eigenvalue weighted by Crippen LogP contribution is -2.43. The SMILES string of the molecule is CN1C(=O)c2cccc3c2C(CC=C3c2ccccc2)C1=O. The minimum atomic E-state index is -0.235. The van der Waals surface area contributed by atoms with E-state index in [4.69, 9.17) is 0 Å². The number of nitrogens with zero attached hydrogens (tertiary/aromatic N) is 1. The monoisotopic (exact) mass is 289 g/mol. The molecule has 1 atom stereocenters. The van der Waals surface area contributed by atoms with Crippen molar-refractivity contribution in [3.8, 4) is 0 Å². The summed E-state index contributed by atoms with van der Waals surface area (Å²) in [5, 5.41) is 0. The number of allylic oxidation sites excluding steroid dienone is 1. The molecule has 108 valence electrons. The Balaban J connectivity index is 1.95. The van der Waals surface area contributed by atoms with Gasteiger partial charge in [-0.1, -0.05) is 48.5 Å². The van der Waals surface area contributed by atoms with Crippen LogP contribution in [-0.2, 0) is 4.79 Å². The predicted molar refractivity (Wildman–Crippen MR) is 84.4 cm³/mol. The lowest BCUT2D eigenvalue weighted by molar-refractivity contribution is -0.129. The number of hydrogen-bond donors (Lipinski definition) is 0. The van der Waals surface area contributed by atoms with Gasteiger partial charge in [-0.2, -0.15) is 0 Å². The van der Waals surface area contributed by atoms with Crippen LogP contribution >= 0.6 is 0 Å². The molecule has 3 heteroatoms. The quantitative estimate of drug-likeness (QED) is 0.756. The highest BCUT2D eigenvalue weighted by atomic mass is 16.2. The van der Waals surface area contributed by atoms with E-state index in [0.717, 1.165) is 22.3 Å². The number of hydrogen-bond acceptors (Lipinski definition) is 2. The number of carbonyl (C=O) groups excluding carboxylic acids is 2. The summed E-state index contributed by atoms with van der Waals surface area (Å²) in [5.74, 6) is -0.540. The highest BCUT2D eigenvalue weighted by molar-refractivity contribution is 6.13. The van der Waals surface area contributed by atoms with Crippen molar-refractivity contribution in [1.82, 2.24) is 4.90 Å². The molecule has 1 unspecified atom stereocenters.